The number of pyridine rings is 1. The van der Waals surface area contributed by atoms with Gasteiger partial charge in [-0.05, 0) is 61.2 Å². The van der Waals surface area contributed by atoms with Crippen LogP contribution in [0.4, 0.5) is 4.79 Å². The summed E-state index contributed by atoms with van der Waals surface area (Å²) < 4.78 is 16.4. The minimum Gasteiger partial charge on any atom is -0.493 e. The van der Waals surface area contributed by atoms with Crippen molar-refractivity contribution in [2.24, 2.45) is 0 Å². The molecule has 6 heteroatoms. The zero-order chi connectivity index (χ0) is 27.2. The van der Waals surface area contributed by atoms with Crippen molar-refractivity contribution in [2.45, 2.75) is 33.4 Å². The summed E-state index contributed by atoms with van der Waals surface area (Å²) in [5.74, 6) is 1.29. The summed E-state index contributed by atoms with van der Waals surface area (Å²) in [5.41, 5.74) is 5.78. The molecule has 0 aliphatic heterocycles. The highest BCUT2D eigenvalue weighted by Gasteiger charge is 2.16. The molecule has 0 aliphatic carbocycles. The minimum atomic E-state index is -0.368. The number of nitrogens with zero attached hydrogens (tertiary/aromatic N) is 2. The summed E-state index contributed by atoms with van der Waals surface area (Å²) in [6.45, 7) is 5.59. The van der Waals surface area contributed by atoms with E-state index in [0.29, 0.717) is 37.6 Å². The number of aromatic nitrogens is 1. The molecule has 1 heterocycles. The predicted molar refractivity (Wildman–Crippen MR) is 150 cm³/mol. The summed E-state index contributed by atoms with van der Waals surface area (Å²) in [6, 6.07) is 28.0. The van der Waals surface area contributed by atoms with Crippen molar-refractivity contribution in [3.05, 3.63) is 125 Å². The molecule has 38 heavy (non-hydrogen) atoms. The van der Waals surface area contributed by atoms with Gasteiger partial charge in [-0.2, -0.15) is 0 Å². The molecule has 4 rings (SSSR count). The van der Waals surface area contributed by atoms with Crippen molar-refractivity contribution in [3.8, 4) is 11.5 Å². The number of benzene rings is 3. The Kier molecular flexibility index (Phi) is 11.2. The average Bonchev–Trinajstić information content (AvgIpc) is 2.97. The summed E-state index contributed by atoms with van der Waals surface area (Å²) in [7, 11) is 3.00. The van der Waals surface area contributed by atoms with Gasteiger partial charge < -0.3 is 19.1 Å². The Hall–Kier alpha value is -4.32. The van der Waals surface area contributed by atoms with Gasteiger partial charge in [0, 0.05) is 25.5 Å². The Morgan fingerprint density at radius 1 is 0.763 bits per heavy atom. The molecule has 0 saturated carbocycles. The van der Waals surface area contributed by atoms with E-state index < -0.39 is 0 Å². The first-order chi connectivity index (χ1) is 18.5. The number of rotatable bonds is 9. The van der Waals surface area contributed by atoms with Gasteiger partial charge in [0.05, 0.1) is 14.2 Å². The van der Waals surface area contributed by atoms with Gasteiger partial charge in [-0.1, -0.05) is 71.8 Å². The third kappa shape index (κ3) is 9.28. The van der Waals surface area contributed by atoms with Crippen LogP contribution in [0, 0.1) is 13.8 Å². The number of carbonyl (C=O) groups excluding carboxylic acids is 1. The molecule has 0 bridgehead atoms. The third-order valence-electron chi connectivity index (χ3n) is 5.91. The van der Waals surface area contributed by atoms with Gasteiger partial charge in [-0.25, -0.2) is 4.79 Å². The van der Waals surface area contributed by atoms with E-state index in [-0.39, 0.29) is 6.09 Å². The standard InChI is InChI=1S/C24H26N2O4.C8H10/c1-28-23-16-21(8-9-22(23)30-18-20-6-4-3-5-7-20)17-26(24(27)29-2)15-12-19-10-13-25-14-11-19;1-7-3-5-8(2)6-4-7/h3-11,13-14,16H,12,15,17-18H2,1-2H3;3-6H,1-2H3. The first kappa shape index (κ1) is 28.3. The molecular weight excluding hydrogens is 476 g/mol. The smallest absolute Gasteiger partial charge is 0.409 e. The number of hydrogen-bond donors (Lipinski definition) is 0. The molecule has 1 aromatic heterocycles. The van der Waals surface area contributed by atoms with E-state index in [9.17, 15) is 4.79 Å². The Bertz CT molecular complexity index is 1220. The van der Waals surface area contributed by atoms with Crippen LogP contribution in [0.1, 0.15) is 27.8 Å². The first-order valence-corrected chi connectivity index (χ1v) is 12.6. The van der Waals surface area contributed by atoms with E-state index >= 15 is 0 Å². The van der Waals surface area contributed by atoms with Gasteiger partial charge in [-0.3, -0.25) is 4.98 Å². The molecule has 0 unspecified atom stereocenters. The molecule has 0 N–H and O–H groups in total. The lowest BCUT2D eigenvalue weighted by Crippen LogP contribution is -2.32. The van der Waals surface area contributed by atoms with E-state index in [0.717, 1.165) is 16.7 Å². The maximum atomic E-state index is 12.3. The normalized spacial score (nSPS) is 10.1. The van der Waals surface area contributed by atoms with Crippen molar-refractivity contribution in [1.29, 1.82) is 0 Å². The zero-order valence-corrected chi connectivity index (χ0v) is 22.6. The number of hydrogen-bond acceptors (Lipinski definition) is 5. The van der Waals surface area contributed by atoms with Crippen LogP contribution in [-0.4, -0.2) is 36.7 Å². The summed E-state index contributed by atoms with van der Waals surface area (Å²) in [5, 5.41) is 0. The van der Waals surface area contributed by atoms with E-state index in [4.69, 9.17) is 14.2 Å². The van der Waals surface area contributed by atoms with Gasteiger partial charge in [0.25, 0.3) is 0 Å². The molecule has 0 atom stereocenters. The second kappa shape index (κ2) is 15.1. The fourth-order valence-electron chi connectivity index (χ4n) is 3.70. The Balaban J connectivity index is 0.000000427. The van der Waals surface area contributed by atoms with Crippen molar-refractivity contribution in [1.82, 2.24) is 9.88 Å². The lowest BCUT2D eigenvalue weighted by Gasteiger charge is -2.22. The van der Waals surface area contributed by atoms with Crippen LogP contribution in [0.3, 0.4) is 0 Å². The molecule has 4 aromatic rings. The van der Waals surface area contributed by atoms with Gasteiger partial charge >= 0.3 is 6.09 Å². The molecular formula is C32H36N2O4. The van der Waals surface area contributed by atoms with E-state index in [1.807, 2.05) is 60.7 Å². The maximum Gasteiger partial charge on any atom is 0.409 e. The first-order valence-electron chi connectivity index (χ1n) is 12.6. The van der Waals surface area contributed by atoms with Gasteiger partial charge in [-0.15, -0.1) is 0 Å². The number of amides is 1. The zero-order valence-electron chi connectivity index (χ0n) is 22.6. The van der Waals surface area contributed by atoms with Crippen molar-refractivity contribution >= 4 is 6.09 Å². The molecule has 0 spiro atoms. The lowest BCUT2D eigenvalue weighted by atomic mass is 10.1. The number of aryl methyl sites for hydroxylation is 2. The molecule has 1 amide bonds. The van der Waals surface area contributed by atoms with Crippen LogP contribution < -0.4 is 9.47 Å². The fourth-order valence-corrected chi connectivity index (χ4v) is 3.70. The van der Waals surface area contributed by atoms with Crippen LogP contribution in [0.25, 0.3) is 0 Å². The highest BCUT2D eigenvalue weighted by Crippen LogP contribution is 2.29. The van der Waals surface area contributed by atoms with E-state index in [2.05, 4.69) is 43.1 Å². The number of carbonyl (C=O) groups is 1. The predicted octanol–water partition coefficient (Wildman–Crippen LogP) is 6.78. The Morgan fingerprint density at radius 3 is 2.03 bits per heavy atom. The minimum absolute atomic E-state index is 0.368. The molecule has 0 saturated heterocycles. The van der Waals surface area contributed by atoms with Crippen molar-refractivity contribution in [3.63, 3.8) is 0 Å². The highest BCUT2D eigenvalue weighted by molar-refractivity contribution is 5.67. The van der Waals surface area contributed by atoms with Crippen molar-refractivity contribution in [2.75, 3.05) is 20.8 Å². The Labute approximate surface area is 225 Å². The average molecular weight is 513 g/mol. The third-order valence-corrected chi connectivity index (χ3v) is 5.91. The van der Waals surface area contributed by atoms with Crippen LogP contribution in [0.2, 0.25) is 0 Å². The summed E-state index contributed by atoms with van der Waals surface area (Å²) in [4.78, 5) is 17.9. The highest BCUT2D eigenvalue weighted by atomic mass is 16.5. The number of methoxy groups -OCH3 is 2. The quantitative estimate of drug-likeness (QED) is 0.247. The van der Waals surface area contributed by atoms with Crippen LogP contribution in [0.5, 0.6) is 11.5 Å². The van der Waals surface area contributed by atoms with Crippen LogP contribution in [0.15, 0.2) is 97.3 Å². The van der Waals surface area contributed by atoms with Crippen LogP contribution >= 0.6 is 0 Å². The van der Waals surface area contributed by atoms with Gasteiger partial charge in [0.2, 0.25) is 0 Å². The SMILES string of the molecule is COC(=O)N(CCc1ccncc1)Cc1ccc(OCc2ccccc2)c(OC)c1.Cc1ccc(C)cc1. The van der Waals surface area contributed by atoms with Gasteiger partial charge in [0.1, 0.15) is 6.61 Å². The van der Waals surface area contributed by atoms with E-state index in [1.54, 1.807) is 24.4 Å². The number of ether oxygens (including phenoxy) is 3. The fraction of sp³-hybridized carbons (Fsp3) is 0.250. The summed E-state index contributed by atoms with van der Waals surface area (Å²) in [6.07, 6.45) is 3.84. The summed E-state index contributed by atoms with van der Waals surface area (Å²) >= 11 is 0. The molecule has 6 nitrogen and oxygen atoms in total. The second-order valence-electron chi connectivity index (χ2n) is 8.91. The van der Waals surface area contributed by atoms with Crippen molar-refractivity contribution < 1.29 is 19.0 Å². The molecule has 0 fully saturated rings. The molecule has 198 valence electrons. The molecule has 0 aliphatic rings. The van der Waals surface area contributed by atoms with E-state index in [1.165, 1.54) is 18.2 Å². The monoisotopic (exact) mass is 512 g/mol. The molecule has 3 aromatic carbocycles. The lowest BCUT2D eigenvalue weighted by molar-refractivity contribution is 0.121. The topological polar surface area (TPSA) is 60.9 Å². The van der Waals surface area contributed by atoms with Gasteiger partial charge in [0.15, 0.2) is 11.5 Å². The largest absolute Gasteiger partial charge is 0.493 e. The second-order valence-corrected chi connectivity index (χ2v) is 8.91. The molecule has 0 radical (unpaired) electrons. The maximum absolute atomic E-state index is 12.3. The Morgan fingerprint density at radius 2 is 1.42 bits per heavy atom. The van der Waals surface area contributed by atoms with Crippen LogP contribution in [-0.2, 0) is 24.3 Å².